The zero-order valence-corrected chi connectivity index (χ0v) is 10.5. The van der Waals surface area contributed by atoms with Gasteiger partial charge in [-0.1, -0.05) is 48.5 Å². The standard InChI is InChI=1S/C17H14O2/c18-16-12-14(11-10-13-6-2-1-3-7-13)19-17-9-5-4-8-15(16)17/h1-11,14H,12H2/b11-10-/t14-/m0/s1. The van der Waals surface area contributed by atoms with Gasteiger partial charge in [0.25, 0.3) is 0 Å². The third kappa shape index (κ3) is 2.58. The molecule has 0 N–H and O–H groups in total. The van der Waals surface area contributed by atoms with Crippen molar-refractivity contribution in [3.05, 3.63) is 71.8 Å². The van der Waals surface area contributed by atoms with E-state index in [9.17, 15) is 4.79 Å². The number of benzene rings is 2. The van der Waals surface area contributed by atoms with Crippen LogP contribution < -0.4 is 4.74 Å². The molecular formula is C17H14O2. The van der Waals surface area contributed by atoms with E-state index in [1.807, 2.05) is 66.7 Å². The van der Waals surface area contributed by atoms with Gasteiger partial charge < -0.3 is 4.74 Å². The molecule has 19 heavy (non-hydrogen) atoms. The number of rotatable bonds is 2. The van der Waals surface area contributed by atoms with Crippen molar-refractivity contribution >= 4 is 11.9 Å². The van der Waals surface area contributed by atoms with Gasteiger partial charge in [-0.3, -0.25) is 4.79 Å². The molecule has 3 rings (SSSR count). The maximum atomic E-state index is 12.0. The van der Waals surface area contributed by atoms with Crippen LogP contribution >= 0.6 is 0 Å². The van der Waals surface area contributed by atoms with Crippen molar-refractivity contribution in [1.82, 2.24) is 0 Å². The number of carbonyl (C=O) groups excluding carboxylic acids is 1. The molecule has 1 atom stereocenters. The van der Waals surface area contributed by atoms with E-state index in [1.54, 1.807) is 0 Å². The molecule has 94 valence electrons. The highest BCUT2D eigenvalue weighted by atomic mass is 16.5. The van der Waals surface area contributed by atoms with Gasteiger partial charge >= 0.3 is 0 Å². The van der Waals surface area contributed by atoms with Gasteiger partial charge in [-0.05, 0) is 23.8 Å². The number of hydrogen-bond acceptors (Lipinski definition) is 2. The molecule has 0 saturated carbocycles. The number of para-hydroxylation sites is 1. The van der Waals surface area contributed by atoms with Crippen molar-refractivity contribution in [2.24, 2.45) is 0 Å². The lowest BCUT2D eigenvalue weighted by atomic mass is 10.00. The van der Waals surface area contributed by atoms with Crippen LogP contribution in [0.15, 0.2) is 60.7 Å². The van der Waals surface area contributed by atoms with Gasteiger partial charge in [0.2, 0.25) is 0 Å². The highest BCUT2D eigenvalue weighted by Crippen LogP contribution is 2.27. The smallest absolute Gasteiger partial charge is 0.170 e. The van der Waals surface area contributed by atoms with E-state index in [-0.39, 0.29) is 11.9 Å². The molecule has 0 fully saturated rings. The molecule has 0 radical (unpaired) electrons. The fraction of sp³-hybridized carbons (Fsp3) is 0.118. The minimum absolute atomic E-state index is 0.143. The lowest BCUT2D eigenvalue weighted by Gasteiger charge is -2.22. The molecule has 0 aromatic heterocycles. The fourth-order valence-corrected chi connectivity index (χ4v) is 2.19. The Labute approximate surface area is 112 Å². The topological polar surface area (TPSA) is 26.3 Å². The normalized spacial score (nSPS) is 18.1. The first kappa shape index (κ1) is 11.7. The Kier molecular flexibility index (Phi) is 3.15. The van der Waals surface area contributed by atoms with Crippen molar-refractivity contribution in [2.75, 3.05) is 0 Å². The van der Waals surface area contributed by atoms with E-state index in [1.165, 1.54) is 0 Å². The van der Waals surface area contributed by atoms with Crippen LogP contribution in [-0.4, -0.2) is 11.9 Å². The van der Waals surface area contributed by atoms with Crippen molar-refractivity contribution in [3.63, 3.8) is 0 Å². The second-order valence-electron chi connectivity index (χ2n) is 4.55. The van der Waals surface area contributed by atoms with Crippen molar-refractivity contribution in [1.29, 1.82) is 0 Å². The fourth-order valence-electron chi connectivity index (χ4n) is 2.19. The van der Waals surface area contributed by atoms with E-state index >= 15 is 0 Å². The van der Waals surface area contributed by atoms with Crippen molar-refractivity contribution in [3.8, 4) is 5.75 Å². The van der Waals surface area contributed by atoms with Gasteiger partial charge in [0, 0.05) is 0 Å². The Morgan fingerprint density at radius 3 is 2.58 bits per heavy atom. The summed E-state index contributed by atoms with van der Waals surface area (Å²) in [7, 11) is 0. The molecule has 2 nitrogen and oxygen atoms in total. The van der Waals surface area contributed by atoms with Gasteiger partial charge in [0.1, 0.15) is 11.9 Å². The van der Waals surface area contributed by atoms with Crippen LogP contribution in [0.5, 0.6) is 5.75 Å². The van der Waals surface area contributed by atoms with E-state index in [0.717, 1.165) is 5.56 Å². The quantitative estimate of drug-likeness (QED) is 0.811. The SMILES string of the molecule is O=C1C[C@H](/C=C\c2ccccc2)Oc2ccccc21. The summed E-state index contributed by atoms with van der Waals surface area (Å²) in [5, 5.41) is 0. The zero-order valence-electron chi connectivity index (χ0n) is 10.5. The van der Waals surface area contributed by atoms with Gasteiger partial charge in [-0.2, -0.15) is 0 Å². The first-order valence-corrected chi connectivity index (χ1v) is 6.35. The average Bonchev–Trinajstić information content (AvgIpc) is 2.46. The second kappa shape index (κ2) is 5.11. The largest absolute Gasteiger partial charge is 0.485 e. The number of fused-ring (bicyclic) bond motifs is 1. The lowest BCUT2D eigenvalue weighted by molar-refractivity contribution is 0.0894. The van der Waals surface area contributed by atoms with Gasteiger partial charge in [0.15, 0.2) is 5.78 Å². The van der Waals surface area contributed by atoms with Crippen LogP contribution in [0, 0.1) is 0 Å². The molecule has 0 amide bonds. The molecule has 0 unspecified atom stereocenters. The third-order valence-electron chi connectivity index (χ3n) is 3.16. The van der Waals surface area contributed by atoms with E-state index < -0.39 is 0 Å². The summed E-state index contributed by atoms with van der Waals surface area (Å²) < 4.78 is 5.82. The van der Waals surface area contributed by atoms with Crippen molar-refractivity contribution in [2.45, 2.75) is 12.5 Å². The molecule has 1 aliphatic rings. The Balaban J connectivity index is 1.79. The Morgan fingerprint density at radius 1 is 1.00 bits per heavy atom. The van der Waals surface area contributed by atoms with Crippen LogP contribution in [0.25, 0.3) is 6.08 Å². The summed E-state index contributed by atoms with van der Waals surface area (Å²) in [6, 6.07) is 17.4. The van der Waals surface area contributed by atoms with Crippen LogP contribution in [0.2, 0.25) is 0 Å². The molecule has 1 heterocycles. The number of ketones is 1. The number of Topliss-reactive ketones (excluding diaryl/α,β-unsaturated/α-hetero) is 1. The Bertz CT molecular complexity index is 614. The second-order valence-corrected chi connectivity index (χ2v) is 4.55. The average molecular weight is 250 g/mol. The van der Waals surface area contributed by atoms with E-state index in [2.05, 4.69) is 0 Å². The van der Waals surface area contributed by atoms with Crippen LogP contribution in [0.1, 0.15) is 22.3 Å². The zero-order chi connectivity index (χ0) is 13.1. The van der Waals surface area contributed by atoms with E-state index in [0.29, 0.717) is 17.7 Å². The molecule has 2 aromatic rings. The molecular weight excluding hydrogens is 236 g/mol. The maximum Gasteiger partial charge on any atom is 0.170 e. The summed E-state index contributed by atoms with van der Waals surface area (Å²) in [5.41, 5.74) is 1.80. The van der Waals surface area contributed by atoms with Gasteiger partial charge in [-0.25, -0.2) is 0 Å². The summed E-state index contributed by atoms with van der Waals surface area (Å²) in [6.07, 6.45) is 4.16. The molecule has 0 spiro atoms. The Morgan fingerprint density at radius 2 is 1.74 bits per heavy atom. The van der Waals surface area contributed by atoms with Crippen molar-refractivity contribution < 1.29 is 9.53 Å². The molecule has 0 saturated heterocycles. The minimum Gasteiger partial charge on any atom is -0.485 e. The van der Waals surface area contributed by atoms with Crippen LogP contribution in [0.4, 0.5) is 0 Å². The highest BCUT2D eigenvalue weighted by Gasteiger charge is 2.23. The molecule has 0 aliphatic carbocycles. The molecule has 2 aromatic carbocycles. The van der Waals surface area contributed by atoms with Gasteiger partial charge in [-0.15, -0.1) is 0 Å². The number of hydrogen-bond donors (Lipinski definition) is 0. The van der Waals surface area contributed by atoms with E-state index in [4.69, 9.17) is 4.74 Å². The highest BCUT2D eigenvalue weighted by molar-refractivity contribution is 6.00. The molecule has 1 aliphatic heterocycles. The number of ether oxygens (including phenoxy) is 1. The monoisotopic (exact) mass is 250 g/mol. The maximum absolute atomic E-state index is 12.0. The summed E-state index contributed by atoms with van der Waals surface area (Å²) >= 11 is 0. The predicted octanol–water partition coefficient (Wildman–Crippen LogP) is 3.73. The molecule has 0 bridgehead atoms. The molecule has 2 heteroatoms. The van der Waals surface area contributed by atoms with Crippen LogP contribution in [-0.2, 0) is 0 Å². The summed E-state index contributed by atoms with van der Waals surface area (Å²) in [6.45, 7) is 0. The van der Waals surface area contributed by atoms with Gasteiger partial charge in [0.05, 0.1) is 12.0 Å². The number of carbonyl (C=O) groups is 1. The Hall–Kier alpha value is -2.35. The third-order valence-corrected chi connectivity index (χ3v) is 3.16. The summed E-state index contributed by atoms with van der Waals surface area (Å²) in [4.78, 5) is 12.0. The summed E-state index contributed by atoms with van der Waals surface area (Å²) in [5.74, 6) is 0.825. The minimum atomic E-state index is -0.178. The lowest BCUT2D eigenvalue weighted by Crippen LogP contribution is -2.24. The first-order valence-electron chi connectivity index (χ1n) is 6.35. The predicted molar refractivity (Wildman–Crippen MR) is 75.3 cm³/mol. The first-order chi connectivity index (χ1) is 9.33. The van der Waals surface area contributed by atoms with Crippen LogP contribution in [0.3, 0.4) is 0 Å².